The van der Waals surface area contributed by atoms with Crippen LogP contribution >= 0.6 is 12.6 Å². The quantitative estimate of drug-likeness (QED) is 0.177. The molecule has 1 aliphatic heterocycles. The molecule has 2 rings (SSSR count). The Kier molecular flexibility index (Phi) is 7.43. The number of hydrogen-bond acceptors (Lipinski definition) is 7. The predicted octanol–water partition coefficient (Wildman–Crippen LogP) is -0.629. The van der Waals surface area contributed by atoms with Gasteiger partial charge in [-0.1, -0.05) is 12.1 Å². The Hall–Kier alpha value is -2.10. The van der Waals surface area contributed by atoms with Crippen LogP contribution in [0.15, 0.2) is 24.3 Å². The van der Waals surface area contributed by atoms with Crippen molar-refractivity contribution in [2.24, 2.45) is 5.84 Å². The van der Waals surface area contributed by atoms with E-state index in [2.05, 4.69) is 23.4 Å². The number of carbonyl (C=O) groups is 3. The van der Waals surface area contributed by atoms with Gasteiger partial charge in [0.2, 0.25) is 11.8 Å². The van der Waals surface area contributed by atoms with E-state index in [1.807, 2.05) is 0 Å². The number of nitrogens with two attached hydrogens (primary N) is 1. The lowest BCUT2D eigenvalue weighted by Crippen LogP contribution is -2.56. The van der Waals surface area contributed by atoms with Gasteiger partial charge in [0, 0.05) is 18.7 Å². The standard InChI is InChI=1S/C17H24N4O4S/c18-20-15(10-26)16(24)19-14(8-11-3-5-13(23)6-4-11)17(25)21-7-1-2-12(21)9-22/h3-6,9,12,14-15,20,23,26H,1-2,7-8,10,18H2,(H,19,24)/t12-,14-,15-/m0/s1. The normalized spacial score (nSPS) is 19.0. The second-order valence-electron chi connectivity index (χ2n) is 6.21. The molecule has 1 fully saturated rings. The highest BCUT2D eigenvalue weighted by Crippen LogP contribution is 2.18. The maximum atomic E-state index is 13.0. The van der Waals surface area contributed by atoms with Gasteiger partial charge in [0.05, 0.1) is 6.04 Å². The Labute approximate surface area is 157 Å². The second-order valence-corrected chi connectivity index (χ2v) is 6.58. The van der Waals surface area contributed by atoms with Gasteiger partial charge >= 0.3 is 0 Å². The third-order valence-electron chi connectivity index (χ3n) is 4.43. The summed E-state index contributed by atoms with van der Waals surface area (Å²) in [5.41, 5.74) is 3.12. The number of nitrogens with zero attached hydrogens (tertiary/aromatic N) is 1. The molecule has 1 aromatic carbocycles. The Morgan fingerprint density at radius 1 is 1.35 bits per heavy atom. The van der Waals surface area contributed by atoms with Gasteiger partial charge in [0.1, 0.15) is 24.1 Å². The van der Waals surface area contributed by atoms with E-state index in [1.54, 1.807) is 12.1 Å². The van der Waals surface area contributed by atoms with Crippen LogP contribution in [0.1, 0.15) is 18.4 Å². The molecule has 3 atom stereocenters. The number of aromatic hydroxyl groups is 1. The number of benzene rings is 1. The number of nitrogens with one attached hydrogen (secondary N) is 2. The van der Waals surface area contributed by atoms with Crippen molar-refractivity contribution in [3.05, 3.63) is 29.8 Å². The van der Waals surface area contributed by atoms with E-state index in [4.69, 9.17) is 5.84 Å². The van der Waals surface area contributed by atoms with Gasteiger partial charge in [0.25, 0.3) is 0 Å². The summed E-state index contributed by atoms with van der Waals surface area (Å²) < 4.78 is 0. The first-order chi connectivity index (χ1) is 12.5. The maximum absolute atomic E-state index is 13.0. The fraction of sp³-hybridized carbons (Fsp3) is 0.471. The van der Waals surface area contributed by atoms with Crippen LogP contribution in [0.3, 0.4) is 0 Å². The minimum absolute atomic E-state index is 0.115. The fourth-order valence-electron chi connectivity index (χ4n) is 2.96. The summed E-state index contributed by atoms with van der Waals surface area (Å²) in [4.78, 5) is 38.0. The number of likely N-dealkylation sites (tertiary alicyclic amines) is 1. The molecule has 0 aliphatic carbocycles. The highest BCUT2D eigenvalue weighted by atomic mass is 32.1. The first kappa shape index (κ1) is 20.2. The molecule has 0 radical (unpaired) electrons. The monoisotopic (exact) mass is 380 g/mol. The van der Waals surface area contributed by atoms with E-state index in [-0.39, 0.29) is 23.8 Å². The molecule has 0 bridgehead atoms. The third-order valence-corrected chi connectivity index (χ3v) is 4.80. The molecule has 1 aliphatic rings. The number of carbonyl (C=O) groups excluding carboxylic acids is 3. The molecule has 1 aromatic rings. The summed E-state index contributed by atoms with van der Waals surface area (Å²) in [6.07, 6.45) is 2.37. The SMILES string of the molecule is NN[C@@H](CS)C(=O)N[C@@H](Cc1ccc(O)cc1)C(=O)N1CCC[C@H]1C=O. The number of hydrogen-bond donors (Lipinski definition) is 5. The van der Waals surface area contributed by atoms with Crippen molar-refractivity contribution in [2.75, 3.05) is 12.3 Å². The third kappa shape index (κ3) is 4.96. The summed E-state index contributed by atoms with van der Waals surface area (Å²) >= 11 is 4.06. The molecule has 0 unspecified atom stereocenters. The Morgan fingerprint density at radius 3 is 2.62 bits per heavy atom. The van der Waals surface area contributed by atoms with Gasteiger partial charge in [-0.25, -0.2) is 5.43 Å². The number of hydrazine groups is 1. The molecular weight excluding hydrogens is 356 g/mol. The molecule has 0 spiro atoms. The van der Waals surface area contributed by atoms with E-state index >= 15 is 0 Å². The summed E-state index contributed by atoms with van der Waals surface area (Å²) in [6, 6.07) is 4.34. The van der Waals surface area contributed by atoms with Crippen molar-refractivity contribution in [2.45, 2.75) is 37.4 Å². The minimum atomic E-state index is -0.844. The Morgan fingerprint density at radius 2 is 2.04 bits per heavy atom. The molecule has 2 amide bonds. The molecule has 8 nitrogen and oxygen atoms in total. The Balaban J connectivity index is 2.19. The predicted molar refractivity (Wildman–Crippen MR) is 99.5 cm³/mol. The molecular formula is C17H24N4O4S. The number of phenols is 1. The van der Waals surface area contributed by atoms with Gasteiger partial charge in [-0.05, 0) is 30.5 Å². The average Bonchev–Trinajstić information content (AvgIpc) is 3.12. The number of rotatable bonds is 8. The largest absolute Gasteiger partial charge is 0.508 e. The van der Waals surface area contributed by atoms with Crippen molar-refractivity contribution >= 4 is 30.7 Å². The van der Waals surface area contributed by atoms with Crippen LogP contribution in [-0.4, -0.2) is 58.5 Å². The van der Waals surface area contributed by atoms with Crippen LogP contribution < -0.4 is 16.6 Å². The van der Waals surface area contributed by atoms with Gasteiger partial charge in [-0.3, -0.25) is 15.4 Å². The first-order valence-electron chi connectivity index (χ1n) is 8.41. The smallest absolute Gasteiger partial charge is 0.246 e. The van der Waals surface area contributed by atoms with Crippen molar-refractivity contribution in [1.29, 1.82) is 0 Å². The van der Waals surface area contributed by atoms with Crippen LogP contribution in [-0.2, 0) is 20.8 Å². The molecule has 1 saturated heterocycles. The lowest BCUT2D eigenvalue weighted by molar-refractivity contribution is -0.138. The van der Waals surface area contributed by atoms with Crippen LogP contribution in [0.25, 0.3) is 0 Å². The number of thiol groups is 1. The van der Waals surface area contributed by atoms with Crippen molar-refractivity contribution in [1.82, 2.24) is 15.6 Å². The van der Waals surface area contributed by atoms with E-state index in [9.17, 15) is 19.5 Å². The van der Waals surface area contributed by atoms with Gasteiger partial charge < -0.3 is 20.1 Å². The molecule has 5 N–H and O–H groups in total. The van der Waals surface area contributed by atoms with Crippen LogP contribution in [0.5, 0.6) is 5.75 Å². The zero-order chi connectivity index (χ0) is 19.1. The van der Waals surface area contributed by atoms with Gasteiger partial charge in [-0.15, -0.1) is 0 Å². The topological polar surface area (TPSA) is 125 Å². The van der Waals surface area contributed by atoms with Crippen LogP contribution in [0, 0.1) is 0 Å². The number of phenolic OH excluding ortho intramolecular Hbond substituents is 1. The van der Waals surface area contributed by atoms with E-state index in [1.165, 1.54) is 17.0 Å². The molecule has 0 saturated carbocycles. The highest BCUT2D eigenvalue weighted by Gasteiger charge is 2.34. The lowest BCUT2D eigenvalue weighted by atomic mass is 10.0. The second kappa shape index (κ2) is 9.56. The zero-order valence-electron chi connectivity index (χ0n) is 14.3. The van der Waals surface area contributed by atoms with Crippen LogP contribution in [0.2, 0.25) is 0 Å². The maximum Gasteiger partial charge on any atom is 0.246 e. The molecule has 142 valence electrons. The van der Waals surface area contributed by atoms with E-state index in [0.29, 0.717) is 13.0 Å². The van der Waals surface area contributed by atoms with Gasteiger partial charge in [-0.2, -0.15) is 12.6 Å². The molecule has 26 heavy (non-hydrogen) atoms. The average molecular weight is 380 g/mol. The van der Waals surface area contributed by atoms with Crippen molar-refractivity contribution in [3.8, 4) is 5.75 Å². The van der Waals surface area contributed by atoms with Crippen molar-refractivity contribution in [3.63, 3.8) is 0 Å². The van der Waals surface area contributed by atoms with Crippen LogP contribution in [0.4, 0.5) is 0 Å². The zero-order valence-corrected chi connectivity index (χ0v) is 15.2. The molecule has 0 aromatic heterocycles. The summed E-state index contributed by atoms with van der Waals surface area (Å²) in [5.74, 6) is 4.87. The first-order valence-corrected chi connectivity index (χ1v) is 9.04. The van der Waals surface area contributed by atoms with E-state index < -0.39 is 24.0 Å². The fourth-order valence-corrected chi connectivity index (χ4v) is 3.23. The minimum Gasteiger partial charge on any atom is -0.508 e. The summed E-state index contributed by atoms with van der Waals surface area (Å²) in [6.45, 7) is 0.481. The van der Waals surface area contributed by atoms with E-state index in [0.717, 1.165) is 18.3 Å². The summed E-state index contributed by atoms with van der Waals surface area (Å²) in [5, 5.41) is 12.1. The van der Waals surface area contributed by atoms with Gasteiger partial charge in [0.15, 0.2) is 0 Å². The highest BCUT2D eigenvalue weighted by molar-refractivity contribution is 7.80. The lowest BCUT2D eigenvalue weighted by Gasteiger charge is -2.28. The number of amides is 2. The van der Waals surface area contributed by atoms with Crippen molar-refractivity contribution < 1.29 is 19.5 Å². The number of aldehydes is 1. The molecule has 1 heterocycles. The molecule has 9 heteroatoms. The summed E-state index contributed by atoms with van der Waals surface area (Å²) in [7, 11) is 0. The Bertz CT molecular complexity index is 636.